The van der Waals surface area contributed by atoms with Gasteiger partial charge in [0.2, 0.25) is 0 Å². The number of aromatic nitrogens is 2. The molecule has 104 valence electrons. The number of anilines is 1. The van der Waals surface area contributed by atoms with Crippen molar-refractivity contribution in [3.8, 4) is 0 Å². The van der Waals surface area contributed by atoms with Crippen LogP contribution in [-0.4, -0.2) is 26.8 Å². The Hall–Kier alpha value is -2.15. The van der Waals surface area contributed by atoms with Crippen molar-refractivity contribution in [2.45, 2.75) is 6.92 Å². The smallest absolute Gasteiger partial charge is 0.336 e. The lowest BCUT2D eigenvalue weighted by Gasteiger charge is -2.07. The minimum Gasteiger partial charge on any atom is -0.478 e. The number of rotatable bonds is 3. The van der Waals surface area contributed by atoms with Crippen molar-refractivity contribution in [1.82, 2.24) is 9.78 Å². The molecule has 0 bridgehead atoms. The maximum Gasteiger partial charge on any atom is 0.336 e. The fourth-order valence-corrected chi connectivity index (χ4v) is 2.10. The standard InChI is InChI=1S/C13H12BrN3O3/c1-7-10(6-15-17(7)2)12(18)16-8-3-4-11(14)9(5-8)13(19)20/h3-6H,1-2H3,(H,16,18)(H,19,20). The van der Waals surface area contributed by atoms with Crippen LogP contribution in [-0.2, 0) is 7.05 Å². The summed E-state index contributed by atoms with van der Waals surface area (Å²) in [4.78, 5) is 23.1. The first-order valence-electron chi connectivity index (χ1n) is 5.73. The Morgan fingerprint density at radius 2 is 2.05 bits per heavy atom. The van der Waals surface area contributed by atoms with Crippen LogP contribution in [0.2, 0.25) is 0 Å². The van der Waals surface area contributed by atoms with Gasteiger partial charge in [0.05, 0.1) is 17.3 Å². The molecule has 0 spiro atoms. The van der Waals surface area contributed by atoms with Gasteiger partial charge in [-0.25, -0.2) is 4.79 Å². The summed E-state index contributed by atoms with van der Waals surface area (Å²) in [7, 11) is 1.74. The Morgan fingerprint density at radius 3 is 2.60 bits per heavy atom. The SMILES string of the molecule is Cc1c(C(=O)Nc2ccc(Br)c(C(=O)O)c2)cnn1C. The zero-order valence-electron chi connectivity index (χ0n) is 10.8. The molecule has 1 aromatic heterocycles. The van der Waals surface area contributed by atoms with Crippen LogP contribution in [0.1, 0.15) is 26.4 Å². The van der Waals surface area contributed by atoms with Gasteiger partial charge in [-0.05, 0) is 41.1 Å². The Balaban J connectivity index is 2.26. The highest BCUT2D eigenvalue weighted by Crippen LogP contribution is 2.21. The fourth-order valence-electron chi connectivity index (χ4n) is 1.69. The quantitative estimate of drug-likeness (QED) is 0.900. The molecule has 1 heterocycles. The van der Waals surface area contributed by atoms with Gasteiger partial charge in [0.1, 0.15) is 0 Å². The molecule has 2 N–H and O–H groups in total. The van der Waals surface area contributed by atoms with Crippen LogP contribution < -0.4 is 5.32 Å². The van der Waals surface area contributed by atoms with Crippen LogP contribution in [0.4, 0.5) is 5.69 Å². The largest absolute Gasteiger partial charge is 0.478 e. The van der Waals surface area contributed by atoms with Crippen LogP contribution in [0.3, 0.4) is 0 Å². The summed E-state index contributed by atoms with van der Waals surface area (Å²) in [5.74, 6) is -1.39. The van der Waals surface area contributed by atoms with E-state index in [0.29, 0.717) is 15.7 Å². The van der Waals surface area contributed by atoms with Gasteiger partial charge in [-0.15, -0.1) is 0 Å². The predicted octanol–water partition coefficient (Wildman–Crippen LogP) is 2.44. The average Bonchev–Trinajstić information content (AvgIpc) is 2.72. The third-order valence-electron chi connectivity index (χ3n) is 2.93. The van der Waals surface area contributed by atoms with Gasteiger partial charge in [-0.1, -0.05) is 0 Å². The molecule has 0 aliphatic carbocycles. The van der Waals surface area contributed by atoms with E-state index >= 15 is 0 Å². The van der Waals surface area contributed by atoms with Crippen LogP contribution >= 0.6 is 15.9 Å². The van der Waals surface area contributed by atoms with E-state index in [4.69, 9.17) is 5.11 Å². The second kappa shape index (κ2) is 5.46. The number of aryl methyl sites for hydroxylation is 1. The molecule has 2 rings (SSSR count). The monoisotopic (exact) mass is 337 g/mol. The summed E-state index contributed by atoms with van der Waals surface area (Å²) >= 11 is 3.15. The van der Waals surface area contributed by atoms with Crippen molar-refractivity contribution in [3.63, 3.8) is 0 Å². The van der Waals surface area contributed by atoms with E-state index in [-0.39, 0.29) is 11.5 Å². The third-order valence-corrected chi connectivity index (χ3v) is 3.63. The van der Waals surface area contributed by atoms with Crippen molar-refractivity contribution in [1.29, 1.82) is 0 Å². The molecule has 0 aliphatic rings. The Bertz CT molecular complexity index is 694. The maximum atomic E-state index is 12.1. The van der Waals surface area contributed by atoms with Crippen molar-refractivity contribution in [2.75, 3.05) is 5.32 Å². The summed E-state index contributed by atoms with van der Waals surface area (Å²) in [6.07, 6.45) is 1.47. The minimum absolute atomic E-state index is 0.0886. The molecule has 0 atom stereocenters. The van der Waals surface area contributed by atoms with E-state index in [1.165, 1.54) is 12.3 Å². The normalized spacial score (nSPS) is 10.3. The average molecular weight is 338 g/mol. The number of hydrogen-bond acceptors (Lipinski definition) is 3. The van der Waals surface area contributed by atoms with Gasteiger partial charge in [-0.2, -0.15) is 5.10 Å². The van der Waals surface area contributed by atoms with Gasteiger partial charge in [0, 0.05) is 22.9 Å². The molecular weight excluding hydrogens is 326 g/mol. The molecule has 0 radical (unpaired) electrons. The number of nitrogens with zero attached hydrogens (tertiary/aromatic N) is 2. The number of carboxylic acid groups (broad SMARTS) is 1. The van der Waals surface area contributed by atoms with E-state index in [9.17, 15) is 9.59 Å². The van der Waals surface area contributed by atoms with Crippen molar-refractivity contribution in [2.24, 2.45) is 7.05 Å². The number of aromatic carboxylic acids is 1. The number of carboxylic acids is 1. The molecule has 20 heavy (non-hydrogen) atoms. The summed E-state index contributed by atoms with van der Waals surface area (Å²) in [5.41, 5.74) is 1.69. The van der Waals surface area contributed by atoms with Crippen LogP contribution in [0.15, 0.2) is 28.9 Å². The lowest BCUT2D eigenvalue weighted by molar-refractivity contribution is 0.0695. The Kier molecular flexibility index (Phi) is 3.89. The zero-order valence-corrected chi connectivity index (χ0v) is 12.4. The van der Waals surface area contributed by atoms with Crippen LogP contribution in [0.25, 0.3) is 0 Å². The van der Waals surface area contributed by atoms with Crippen molar-refractivity contribution < 1.29 is 14.7 Å². The fraction of sp³-hybridized carbons (Fsp3) is 0.154. The number of carbonyl (C=O) groups is 2. The molecule has 0 saturated carbocycles. The molecule has 1 amide bonds. The van der Waals surface area contributed by atoms with E-state index in [2.05, 4.69) is 26.3 Å². The van der Waals surface area contributed by atoms with Gasteiger partial charge in [0.25, 0.3) is 5.91 Å². The molecule has 0 saturated heterocycles. The predicted molar refractivity (Wildman–Crippen MR) is 77.0 cm³/mol. The van der Waals surface area contributed by atoms with Crippen LogP contribution in [0.5, 0.6) is 0 Å². The number of halogens is 1. The van der Waals surface area contributed by atoms with E-state index in [1.807, 2.05) is 0 Å². The summed E-state index contributed by atoms with van der Waals surface area (Å²) in [5, 5.41) is 15.7. The molecular formula is C13H12BrN3O3. The van der Waals surface area contributed by atoms with Gasteiger partial charge in [-0.3, -0.25) is 9.48 Å². The van der Waals surface area contributed by atoms with Crippen molar-refractivity contribution >= 4 is 33.5 Å². The maximum absolute atomic E-state index is 12.1. The second-order valence-electron chi connectivity index (χ2n) is 4.22. The highest BCUT2D eigenvalue weighted by molar-refractivity contribution is 9.10. The Labute approximate surface area is 123 Å². The zero-order chi connectivity index (χ0) is 14.9. The van der Waals surface area contributed by atoms with Gasteiger partial charge < -0.3 is 10.4 Å². The highest BCUT2D eigenvalue weighted by atomic mass is 79.9. The topological polar surface area (TPSA) is 84.2 Å². The minimum atomic E-state index is -1.06. The number of carbonyl (C=O) groups excluding carboxylic acids is 1. The number of hydrogen-bond donors (Lipinski definition) is 2. The summed E-state index contributed by atoms with van der Waals surface area (Å²) in [6, 6.07) is 4.60. The Morgan fingerprint density at radius 1 is 1.35 bits per heavy atom. The number of benzene rings is 1. The molecule has 0 aliphatic heterocycles. The number of amides is 1. The van der Waals surface area contributed by atoms with Gasteiger partial charge >= 0.3 is 5.97 Å². The first-order chi connectivity index (χ1) is 9.40. The van der Waals surface area contributed by atoms with E-state index in [1.54, 1.807) is 30.8 Å². The molecule has 1 aromatic carbocycles. The van der Waals surface area contributed by atoms with Gasteiger partial charge in [0.15, 0.2) is 0 Å². The second-order valence-corrected chi connectivity index (χ2v) is 5.08. The van der Waals surface area contributed by atoms with E-state index in [0.717, 1.165) is 5.69 Å². The molecule has 2 aromatic rings. The number of nitrogens with one attached hydrogen (secondary N) is 1. The molecule has 0 fully saturated rings. The summed E-state index contributed by atoms with van der Waals surface area (Å²) in [6.45, 7) is 1.78. The highest BCUT2D eigenvalue weighted by Gasteiger charge is 2.14. The lowest BCUT2D eigenvalue weighted by Crippen LogP contribution is -2.13. The van der Waals surface area contributed by atoms with Crippen LogP contribution in [0, 0.1) is 6.92 Å². The van der Waals surface area contributed by atoms with E-state index < -0.39 is 5.97 Å². The lowest BCUT2D eigenvalue weighted by atomic mass is 10.2. The molecule has 0 unspecified atom stereocenters. The first kappa shape index (κ1) is 14.3. The van der Waals surface area contributed by atoms with Crippen molar-refractivity contribution in [3.05, 3.63) is 45.7 Å². The molecule has 7 heteroatoms. The first-order valence-corrected chi connectivity index (χ1v) is 6.52. The molecule has 6 nitrogen and oxygen atoms in total. The third kappa shape index (κ3) is 2.72. The summed E-state index contributed by atoms with van der Waals surface area (Å²) < 4.78 is 2.06.